The fourth-order valence-electron chi connectivity index (χ4n) is 2.54. The van der Waals surface area contributed by atoms with E-state index in [9.17, 15) is 4.79 Å². The molecule has 0 aliphatic rings. The molecule has 4 nitrogen and oxygen atoms in total. The molecular weight excluding hydrogens is 262 g/mol. The first kappa shape index (κ1) is 13.4. The zero-order valence-corrected chi connectivity index (χ0v) is 12.1. The number of fused-ring (bicyclic) bond motifs is 1. The highest BCUT2D eigenvalue weighted by atomic mass is 16.2. The number of benzene rings is 2. The maximum Gasteiger partial charge on any atom is 0.269 e. The van der Waals surface area contributed by atoms with Crippen molar-refractivity contribution in [2.45, 2.75) is 13.5 Å². The Morgan fingerprint density at radius 1 is 1.19 bits per heavy atom. The first-order chi connectivity index (χ1) is 10.1. The highest BCUT2D eigenvalue weighted by Gasteiger charge is 2.11. The van der Waals surface area contributed by atoms with Crippen LogP contribution in [0.25, 0.3) is 10.8 Å². The second-order valence-corrected chi connectivity index (χ2v) is 5.12. The van der Waals surface area contributed by atoms with Crippen molar-refractivity contribution in [2.24, 2.45) is 7.05 Å². The Bertz CT molecular complexity index is 799. The molecule has 0 saturated heterocycles. The molecular formula is C17H17N3O. The molecule has 2 aromatic carbocycles. The lowest BCUT2D eigenvalue weighted by Gasteiger charge is -2.08. The lowest BCUT2D eigenvalue weighted by molar-refractivity contribution is 0.0941. The minimum absolute atomic E-state index is 0.106. The summed E-state index contributed by atoms with van der Waals surface area (Å²) < 4.78 is 1.60. The monoisotopic (exact) mass is 279 g/mol. The van der Waals surface area contributed by atoms with Gasteiger partial charge in [0.25, 0.3) is 5.91 Å². The first-order valence-electron chi connectivity index (χ1n) is 6.90. The van der Waals surface area contributed by atoms with Crippen molar-refractivity contribution < 1.29 is 4.79 Å². The molecule has 4 heteroatoms. The highest BCUT2D eigenvalue weighted by molar-refractivity contribution is 5.93. The van der Waals surface area contributed by atoms with E-state index in [0.717, 1.165) is 11.3 Å². The van der Waals surface area contributed by atoms with Crippen molar-refractivity contribution in [2.75, 3.05) is 0 Å². The Labute approximate surface area is 123 Å². The molecule has 0 spiro atoms. The van der Waals surface area contributed by atoms with Crippen LogP contribution >= 0.6 is 0 Å². The quantitative estimate of drug-likeness (QED) is 0.801. The van der Waals surface area contributed by atoms with Gasteiger partial charge in [-0.25, -0.2) is 0 Å². The van der Waals surface area contributed by atoms with Gasteiger partial charge in [-0.05, 0) is 29.3 Å². The summed E-state index contributed by atoms with van der Waals surface area (Å²) in [5, 5.41) is 9.50. The Balaban J connectivity index is 1.81. The minimum atomic E-state index is -0.106. The molecule has 0 bridgehead atoms. The van der Waals surface area contributed by atoms with Crippen molar-refractivity contribution in [3.8, 4) is 0 Å². The molecule has 3 rings (SSSR count). The summed E-state index contributed by atoms with van der Waals surface area (Å²) in [6, 6.07) is 16.1. The van der Waals surface area contributed by atoms with Crippen LogP contribution in [0.1, 0.15) is 21.7 Å². The molecule has 0 fully saturated rings. The number of carbonyl (C=O) groups excluding carboxylic acids is 1. The van der Waals surface area contributed by atoms with E-state index in [-0.39, 0.29) is 5.91 Å². The largest absolute Gasteiger partial charge is 0.347 e. The van der Waals surface area contributed by atoms with Gasteiger partial charge >= 0.3 is 0 Å². The third-order valence-electron chi connectivity index (χ3n) is 3.55. The van der Waals surface area contributed by atoms with E-state index in [1.807, 2.05) is 31.2 Å². The lowest BCUT2D eigenvalue weighted by Crippen LogP contribution is -2.25. The van der Waals surface area contributed by atoms with E-state index in [0.29, 0.717) is 12.2 Å². The Morgan fingerprint density at radius 3 is 2.71 bits per heavy atom. The number of aromatic nitrogens is 2. The van der Waals surface area contributed by atoms with Gasteiger partial charge in [-0.15, -0.1) is 0 Å². The lowest BCUT2D eigenvalue weighted by atomic mass is 10.0. The Kier molecular flexibility index (Phi) is 3.44. The number of nitrogens with one attached hydrogen (secondary N) is 1. The third kappa shape index (κ3) is 2.65. The first-order valence-corrected chi connectivity index (χ1v) is 6.90. The predicted molar refractivity (Wildman–Crippen MR) is 83.1 cm³/mol. The summed E-state index contributed by atoms with van der Waals surface area (Å²) in [4.78, 5) is 12.2. The van der Waals surface area contributed by atoms with E-state index in [1.54, 1.807) is 17.8 Å². The molecule has 1 heterocycles. The van der Waals surface area contributed by atoms with E-state index in [1.165, 1.54) is 10.8 Å². The van der Waals surface area contributed by atoms with Crippen LogP contribution < -0.4 is 5.32 Å². The van der Waals surface area contributed by atoms with Crippen LogP contribution in [0.4, 0.5) is 0 Å². The molecule has 0 radical (unpaired) electrons. The van der Waals surface area contributed by atoms with Crippen molar-refractivity contribution in [3.05, 3.63) is 65.5 Å². The van der Waals surface area contributed by atoms with Crippen LogP contribution in [-0.4, -0.2) is 15.7 Å². The van der Waals surface area contributed by atoms with Gasteiger partial charge in [0.1, 0.15) is 5.69 Å². The second kappa shape index (κ2) is 5.40. The molecule has 3 aromatic rings. The maximum absolute atomic E-state index is 12.2. The molecule has 0 aliphatic carbocycles. The van der Waals surface area contributed by atoms with Gasteiger partial charge in [-0.3, -0.25) is 9.48 Å². The zero-order valence-electron chi connectivity index (χ0n) is 12.1. The zero-order chi connectivity index (χ0) is 14.8. The number of aryl methyl sites for hydroxylation is 2. The Morgan fingerprint density at radius 2 is 1.95 bits per heavy atom. The normalized spacial score (nSPS) is 10.8. The highest BCUT2D eigenvalue weighted by Crippen LogP contribution is 2.18. The van der Waals surface area contributed by atoms with Crippen LogP contribution in [0, 0.1) is 6.92 Å². The molecule has 0 unspecified atom stereocenters. The molecule has 0 aliphatic heterocycles. The van der Waals surface area contributed by atoms with Gasteiger partial charge in [-0.2, -0.15) is 5.10 Å². The van der Waals surface area contributed by atoms with Crippen molar-refractivity contribution in [3.63, 3.8) is 0 Å². The fourth-order valence-corrected chi connectivity index (χ4v) is 2.54. The molecule has 1 N–H and O–H groups in total. The minimum Gasteiger partial charge on any atom is -0.347 e. The van der Waals surface area contributed by atoms with Crippen LogP contribution in [0.2, 0.25) is 0 Å². The van der Waals surface area contributed by atoms with Gasteiger partial charge in [0, 0.05) is 13.6 Å². The van der Waals surface area contributed by atoms with Crippen LogP contribution in [0.5, 0.6) is 0 Å². The molecule has 21 heavy (non-hydrogen) atoms. The SMILES string of the molecule is Cc1cc(C(=O)NCc2cccc3ccccc23)n(C)n1. The maximum atomic E-state index is 12.2. The fraction of sp³-hybridized carbons (Fsp3) is 0.176. The smallest absolute Gasteiger partial charge is 0.269 e. The number of carbonyl (C=O) groups is 1. The molecule has 0 saturated carbocycles. The molecule has 1 aromatic heterocycles. The van der Waals surface area contributed by atoms with Gasteiger partial charge in [-0.1, -0.05) is 42.5 Å². The average Bonchev–Trinajstić information content (AvgIpc) is 2.83. The summed E-state index contributed by atoms with van der Waals surface area (Å²) in [6.45, 7) is 2.38. The number of rotatable bonds is 3. The summed E-state index contributed by atoms with van der Waals surface area (Å²) in [6.07, 6.45) is 0. The van der Waals surface area contributed by atoms with Gasteiger partial charge in [0.05, 0.1) is 5.69 Å². The number of nitrogens with zero attached hydrogens (tertiary/aromatic N) is 2. The van der Waals surface area contributed by atoms with Crippen LogP contribution in [0.15, 0.2) is 48.5 Å². The number of hydrogen-bond donors (Lipinski definition) is 1. The summed E-state index contributed by atoms with van der Waals surface area (Å²) >= 11 is 0. The summed E-state index contributed by atoms with van der Waals surface area (Å²) in [5.74, 6) is -0.106. The van der Waals surface area contributed by atoms with Crippen LogP contribution in [-0.2, 0) is 13.6 Å². The molecule has 0 atom stereocenters. The standard InChI is InChI=1S/C17H17N3O/c1-12-10-16(20(2)19-12)17(21)18-11-14-8-5-7-13-6-3-4-9-15(13)14/h3-10H,11H2,1-2H3,(H,18,21). The number of amides is 1. The van der Waals surface area contributed by atoms with E-state index < -0.39 is 0 Å². The van der Waals surface area contributed by atoms with Gasteiger partial charge in [0.2, 0.25) is 0 Å². The van der Waals surface area contributed by atoms with Crippen molar-refractivity contribution in [1.29, 1.82) is 0 Å². The van der Waals surface area contributed by atoms with Crippen molar-refractivity contribution in [1.82, 2.24) is 15.1 Å². The summed E-state index contributed by atoms with van der Waals surface area (Å²) in [5.41, 5.74) is 2.53. The Hall–Kier alpha value is -2.62. The summed E-state index contributed by atoms with van der Waals surface area (Å²) in [7, 11) is 1.78. The average molecular weight is 279 g/mol. The van der Waals surface area contributed by atoms with E-state index >= 15 is 0 Å². The second-order valence-electron chi connectivity index (χ2n) is 5.12. The van der Waals surface area contributed by atoms with E-state index in [2.05, 4.69) is 28.6 Å². The van der Waals surface area contributed by atoms with Gasteiger partial charge in [0.15, 0.2) is 0 Å². The third-order valence-corrected chi connectivity index (χ3v) is 3.55. The number of hydrogen-bond acceptors (Lipinski definition) is 2. The van der Waals surface area contributed by atoms with Crippen LogP contribution in [0.3, 0.4) is 0 Å². The molecule has 106 valence electrons. The predicted octanol–water partition coefficient (Wildman–Crippen LogP) is 2.81. The topological polar surface area (TPSA) is 46.9 Å². The van der Waals surface area contributed by atoms with Crippen molar-refractivity contribution >= 4 is 16.7 Å². The molecule has 1 amide bonds. The van der Waals surface area contributed by atoms with E-state index in [4.69, 9.17) is 0 Å². The van der Waals surface area contributed by atoms with Gasteiger partial charge < -0.3 is 5.32 Å².